The molecule has 0 unspecified atom stereocenters. The SMILES string of the molecule is CC(=O)[N+](C)(C)C1CCCCC1. The Hall–Kier alpha value is -0.370. The minimum absolute atomic E-state index is 0.293. The van der Waals surface area contributed by atoms with E-state index in [0.717, 1.165) is 0 Å². The average molecular weight is 170 g/mol. The third-order valence-corrected chi connectivity index (χ3v) is 3.30. The van der Waals surface area contributed by atoms with E-state index in [1.807, 2.05) is 14.1 Å². The predicted octanol–water partition coefficient (Wildman–Crippen LogP) is 1.94. The molecule has 2 heteroatoms. The monoisotopic (exact) mass is 170 g/mol. The quantitative estimate of drug-likeness (QED) is 0.550. The minimum Gasteiger partial charge on any atom is -0.263 e. The first-order valence-electron chi connectivity index (χ1n) is 4.90. The molecule has 0 aliphatic heterocycles. The Morgan fingerprint density at radius 2 is 1.67 bits per heavy atom. The second kappa shape index (κ2) is 3.56. The van der Waals surface area contributed by atoms with E-state index in [9.17, 15) is 4.79 Å². The van der Waals surface area contributed by atoms with E-state index in [4.69, 9.17) is 0 Å². The lowest BCUT2D eigenvalue weighted by atomic mass is 9.93. The molecule has 70 valence electrons. The fourth-order valence-electron chi connectivity index (χ4n) is 1.98. The van der Waals surface area contributed by atoms with E-state index in [-0.39, 0.29) is 0 Å². The van der Waals surface area contributed by atoms with E-state index in [1.165, 1.54) is 32.1 Å². The largest absolute Gasteiger partial charge is 0.310 e. The van der Waals surface area contributed by atoms with Gasteiger partial charge in [-0.3, -0.25) is 4.48 Å². The first-order valence-corrected chi connectivity index (χ1v) is 4.90. The number of quaternary nitrogens is 1. The zero-order valence-electron chi connectivity index (χ0n) is 8.47. The van der Waals surface area contributed by atoms with Crippen LogP contribution in [0.4, 0.5) is 0 Å². The van der Waals surface area contributed by atoms with Gasteiger partial charge in [-0.15, -0.1) is 0 Å². The highest BCUT2D eigenvalue weighted by Gasteiger charge is 2.33. The van der Waals surface area contributed by atoms with Crippen molar-refractivity contribution in [3.05, 3.63) is 0 Å². The molecule has 0 aromatic heterocycles. The highest BCUT2D eigenvalue weighted by Crippen LogP contribution is 2.25. The van der Waals surface area contributed by atoms with Crippen LogP contribution in [0.25, 0.3) is 0 Å². The van der Waals surface area contributed by atoms with Crippen LogP contribution >= 0.6 is 0 Å². The van der Waals surface area contributed by atoms with Crippen molar-refractivity contribution in [3.63, 3.8) is 0 Å². The molecule has 0 N–H and O–H groups in total. The molecule has 1 aliphatic rings. The van der Waals surface area contributed by atoms with Gasteiger partial charge < -0.3 is 0 Å². The summed E-state index contributed by atoms with van der Waals surface area (Å²) in [7, 11) is 4.08. The highest BCUT2D eigenvalue weighted by molar-refractivity contribution is 5.65. The lowest BCUT2D eigenvalue weighted by Gasteiger charge is -2.36. The van der Waals surface area contributed by atoms with Crippen LogP contribution in [0.15, 0.2) is 0 Å². The molecule has 1 fully saturated rings. The molecular formula is C10H20NO+. The molecule has 0 heterocycles. The first kappa shape index (κ1) is 9.72. The van der Waals surface area contributed by atoms with Crippen molar-refractivity contribution in [2.45, 2.75) is 45.1 Å². The molecule has 12 heavy (non-hydrogen) atoms. The van der Waals surface area contributed by atoms with Crippen molar-refractivity contribution < 1.29 is 9.28 Å². The summed E-state index contributed by atoms with van der Waals surface area (Å²) in [5, 5.41) is 0. The smallest absolute Gasteiger partial charge is 0.263 e. The number of carbonyl (C=O) groups excluding carboxylic acids is 1. The van der Waals surface area contributed by atoms with Gasteiger partial charge >= 0.3 is 5.91 Å². The van der Waals surface area contributed by atoms with Crippen molar-refractivity contribution in [3.8, 4) is 0 Å². The summed E-state index contributed by atoms with van der Waals surface area (Å²) < 4.78 is 0.583. The van der Waals surface area contributed by atoms with Crippen LogP contribution < -0.4 is 0 Å². The van der Waals surface area contributed by atoms with Gasteiger partial charge in [-0.1, -0.05) is 6.42 Å². The summed E-state index contributed by atoms with van der Waals surface area (Å²) >= 11 is 0. The fraction of sp³-hybridized carbons (Fsp3) is 0.900. The number of rotatable bonds is 1. The highest BCUT2D eigenvalue weighted by atomic mass is 16.2. The summed E-state index contributed by atoms with van der Waals surface area (Å²) in [6.07, 6.45) is 6.42. The van der Waals surface area contributed by atoms with Crippen molar-refractivity contribution in [2.75, 3.05) is 14.1 Å². The van der Waals surface area contributed by atoms with Gasteiger partial charge in [0.25, 0.3) is 0 Å². The Bertz CT molecular complexity index is 169. The number of hydrogen-bond acceptors (Lipinski definition) is 1. The molecule has 1 aliphatic carbocycles. The molecule has 1 rings (SSSR count). The summed E-state index contributed by atoms with van der Waals surface area (Å²) in [5.74, 6) is 0.293. The Morgan fingerprint density at radius 3 is 2.08 bits per heavy atom. The van der Waals surface area contributed by atoms with Crippen LogP contribution in [0, 0.1) is 0 Å². The molecule has 1 amide bonds. The van der Waals surface area contributed by atoms with Gasteiger partial charge in [-0.2, -0.15) is 0 Å². The molecule has 0 saturated heterocycles. The van der Waals surface area contributed by atoms with Crippen LogP contribution in [0.3, 0.4) is 0 Å². The molecule has 0 atom stereocenters. The Labute approximate surface area is 75.1 Å². The maximum atomic E-state index is 11.3. The van der Waals surface area contributed by atoms with Gasteiger partial charge in [0, 0.05) is 0 Å². The second-order valence-corrected chi connectivity index (χ2v) is 4.35. The molecular weight excluding hydrogens is 150 g/mol. The van der Waals surface area contributed by atoms with Crippen molar-refractivity contribution >= 4 is 5.91 Å². The van der Waals surface area contributed by atoms with Gasteiger partial charge in [0.15, 0.2) is 0 Å². The maximum Gasteiger partial charge on any atom is 0.310 e. The predicted molar refractivity (Wildman–Crippen MR) is 49.7 cm³/mol. The molecule has 0 aromatic carbocycles. The minimum atomic E-state index is 0.293. The van der Waals surface area contributed by atoms with Crippen LogP contribution in [-0.4, -0.2) is 30.5 Å². The van der Waals surface area contributed by atoms with Gasteiger partial charge in [-0.05, 0) is 25.7 Å². The number of carbonyl (C=O) groups is 1. The van der Waals surface area contributed by atoms with E-state index >= 15 is 0 Å². The van der Waals surface area contributed by atoms with Crippen molar-refractivity contribution in [1.82, 2.24) is 0 Å². The lowest BCUT2D eigenvalue weighted by Crippen LogP contribution is -2.52. The van der Waals surface area contributed by atoms with Crippen LogP contribution in [-0.2, 0) is 4.79 Å². The van der Waals surface area contributed by atoms with Crippen LogP contribution in [0.5, 0.6) is 0 Å². The summed E-state index contributed by atoms with van der Waals surface area (Å²) in [6.45, 7) is 1.70. The standard InChI is InChI=1S/C10H20NO/c1-9(12)11(2,3)10-7-5-4-6-8-10/h10H,4-8H2,1-3H3/q+1. The summed E-state index contributed by atoms with van der Waals surface area (Å²) in [5.41, 5.74) is 0. The Morgan fingerprint density at radius 1 is 1.17 bits per heavy atom. The van der Waals surface area contributed by atoms with Crippen molar-refractivity contribution in [2.24, 2.45) is 0 Å². The number of nitrogens with zero attached hydrogens (tertiary/aromatic N) is 1. The van der Waals surface area contributed by atoms with Crippen molar-refractivity contribution in [1.29, 1.82) is 0 Å². The van der Waals surface area contributed by atoms with Crippen LogP contribution in [0.2, 0.25) is 0 Å². The summed E-state index contributed by atoms with van der Waals surface area (Å²) in [6, 6.07) is 0.580. The molecule has 1 saturated carbocycles. The lowest BCUT2D eigenvalue weighted by molar-refractivity contribution is -0.841. The molecule has 0 radical (unpaired) electrons. The molecule has 0 bridgehead atoms. The van der Waals surface area contributed by atoms with Gasteiger partial charge in [0.1, 0.15) is 0 Å². The Kier molecular flexibility index (Phi) is 2.89. The fourth-order valence-corrected chi connectivity index (χ4v) is 1.98. The number of amides is 1. The number of hydrogen-bond donors (Lipinski definition) is 0. The van der Waals surface area contributed by atoms with E-state index < -0.39 is 0 Å². The van der Waals surface area contributed by atoms with Crippen LogP contribution in [0.1, 0.15) is 39.0 Å². The molecule has 2 nitrogen and oxygen atoms in total. The topological polar surface area (TPSA) is 17.1 Å². The van der Waals surface area contributed by atoms with Gasteiger partial charge in [0.2, 0.25) is 0 Å². The zero-order valence-corrected chi connectivity index (χ0v) is 8.47. The first-order chi connectivity index (χ1) is 5.55. The third-order valence-electron chi connectivity index (χ3n) is 3.30. The Balaban J connectivity index is 2.59. The van der Waals surface area contributed by atoms with E-state index in [0.29, 0.717) is 16.4 Å². The third kappa shape index (κ3) is 1.86. The zero-order chi connectivity index (χ0) is 9.19. The second-order valence-electron chi connectivity index (χ2n) is 4.35. The van der Waals surface area contributed by atoms with E-state index in [2.05, 4.69) is 0 Å². The van der Waals surface area contributed by atoms with Gasteiger partial charge in [0.05, 0.1) is 27.1 Å². The van der Waals surface area contributed by atoms with E-state index in [1.54, 1.807) is 6.92 Å². The molecule has 0 spiro atoms. The average Bonchev–Trinajstić information content (AvgIpc) is 2.06. The summed E-state index contributed by atoms with van der Waals surface area (Å²) in [4.78, 5) is 11.3. The maximum absolute atomic E-state index is 11.3. The normalized spacial score (nSPS) is 20.9. The van der Waals surface area contributed by atoms with Gasteiger partial charge in [-0.25, -0.2) is 4.79 Å². The molecule has 0 aromatic rings.